The van der Waals surface area contributed by atoms with Crippen molar-refractivity contribution in [2.75, 3.05) is 18.5 Å². The minimum absolute atomic E-state index is 0.0843. The maximum absolute atomic E-state index is 11.8. The fraction of sp³-hybridized carbons (Fsp3) is 0.467. The quantitative estimate of drug-likeness (QED) is 0.704. The molecule has 0 spiro atoms. The average Bonchev–Trinajstić information content (AvgIpc) is 2.37. The third-order valence-electron chi connectivity index (χ3n) is 2.79. The van der Waals surface area contributed by atoms with Gasteiger partial charge >= 0.3 is 12.0 Å². The summed E-state index contributed by atoms with van der Waals surface area (Å²) in [5, 5.41) is 14.4. The molecule has 0 aliphatic rings. The highest BCUT2D eigenvalue weighted by molar-refractivity contribution is 6.01. The molecule has 1 aromatic rings. The number of benzene rings is 1. The van der Waals surface area contributed by atoms with Gasteiger partial charge in [-0.05, 0) is 44.9 Å². The summed E-state index contributed by atoms with van der Waals surface area (Å²) in [5.41, 5.74) is 1.94. The largest absolute Gasteiger partial charge is 0.478 e. The number of carbonyl (C=O) groups is 2. The van der Waals surface area contributed by atoms with E-state index in [4.69, 9.17) is 4.74 Å². The molecule has 6 nitrogen and oxygen atoms in total. The van der Waals surface area contributed by atoms with E-state index >= 15 is 0 Å². The predicted octanol–water partition coefficient (Wildman–Crippen LogP) is 2.55. The Hall–Kier alpha value is -2.08. The number of anilines is 1. The van der Waals surface area contributed by atoms with Crippen molar-refractivity contribution in [2.45, 2.75) is 33.8 Å². The number of nitrogens with one attached hydrogen (secondary N) is 2. The zero-order chi connectivity index (χ0) is 16.0. The van der Waals surface area contributed by atoms with E-state index in [1.54, 1.807) is 6.92 Å². The van der Waals surface area contributed by atoms with Crippen LogP contribution in [0.5, 0.6) is 0 Å². The number of carboxylic acids is 1. The van der Waals surface area contributed by atoms with Gasteiger partial charge in [0.1, 0.15) is 0 Å². The van der Waals surface area contributed by atoms with E-state index in [1.165, 1.54) is 6.07 Å². The first-order valence-corrected chi connectivity index (χ1v) is 6.82. The molecule has 0 saturated heterocycles. The first kappa shape index (κ1) is 17.0. The summed E-state index contributed by atoms with van der Waals surface area (Å²) in [5.74, 6) is -1.07. The van der Waals surface area contributed by atoms with Crippen LogP contribution >= 0.6 is 0 Å². The topological polar surface area (TPSA) is 87.7 Å². The van der Waals surface area contributed by atoms with Crippen LogP contribution in [-0.2, 0) is 4.74 Å². The average molecular weight is 294 g/mol. The molecule has 6 heteroatoms. The zero-order valence-corrected chi connectivity index (χ0v) is 12.8. The van der Waals surface area contributed by atoms with Gasteiger partial charge in [0.25, 0.3) is 0 Å². The molecule has 0 aliphatic heterocycles. The Kier molecular flexibility index (Phi) is 6.17. The molecule has 0 fully saturated rings. The monoisotopic (exact) mass is 294 g/mol. The van der Waals surface area contributed by atoms with E-state index in [-0.39, 0.29) is 11.7 Å². The van der Waals surface area contributed by atoms with Crippen LogP contribution in [0.3, 0.4) is 0 Å². The van der Waals surface area contributed by atoms with Gasteiger partial charge in [0.2, 0.25) is 0 Å². The molecule has 2 amide bonds. The second kappa shape index (κ2) is 7.64. The van der Waals surface area contributed by atoms with Gasteiger partial charge in [0.15, 0.2) is 0 Å². The number of aromatic carboxylic acids is 1. The van der Waals surface area contributed by atoms with Gasteiger partial charge in [0.05, 0.1) is 24.0 Å². The SMILES string of the molecule is Cc1cc(C)c(NC(=O)NCCOC(C)C)c(C(=O)O)c1. The Morgan fingerprint density at radius 3 is 2.52 bits per heavy atom. The Balaban J connectivity index is 2.70. The third kappa shape index (κ3) is 5.43. The minimum Gasteiger partial charge on any atom is -0.478 e. The van der Waals surface area contributed by atoms with Crippen LogP contribution in [-0.4, -0.2) is 36.4 Å². The van der Waals surface area contributed by atoms with Crippen molar-refractivity contribution in [3.63, 3.8) is 0 Å². The third-order valence-corrected chi connectivity index (χ3v) is 2.79. The van der Waals surface area contributed by atoms with E-state index in [9.17, 15) is 14.7 Å². The van der Waals surface area contributed by atoms with Crippen molar-refractivity contribution in [1.29, 1.82) is 0 Å². The highest BCUT2D eigenvalue weighted by atomic mass is 16.5. The smallest absolute Gasteiger partial charge is 0.337 e. The lowest BCUT2D eigenvalue weighted by Gasteiger charge is -2.14. The van der Waals surface area contributed by atoms with E-state index < -0.39 is 12.0 Å². The molecule has 0 saturated carbocycles. The van der Waals surface area contributed by atoms with Crippen molar-refractivity contribution < 1.29 is 19.4 Å². The number of carbonyl (C=O) groups excluding carboxylic acids is 1. The van der Waals surface area contributed by atoms with Crippen molar-refractivity contribution >= 4 is 17.7 Å². The van der Waals surface area contributed by atoms with Crippen molar-refractivity contribution in [2.24, 2.45) is 0 Å². The van der Waals surface area contributed by atoms with Crippen LogP contribution in [0.2, 0.25) is 0 Å². The molecular weight excluding hydrogens is 272 g/mol. The molecule has 1 rings (SSSR count). The maximum atomic E-state index is 11.8. The van der Waals surface area contributed by atoms with Crippen molar-refractivity contribution in [3.05, 3.63) is 28.8 Å². The molecule has 1 aromatic carbocycles. The predicted molar refractivity (Wildman–Crippen MR) is 81.0 cm³/mol. The molecular formula is C15H22N2O4. The lowest BCUT2D eigenvalue weighted by Crippen LogP contribution is -2.32. The molecule has 0 unspecified atom stereocenters. The van der Waals surface area contributed by atoms with Gasteiger partial charge in [0, 0.05) is 6.54 Å². The molecule has 0 radical (unpaired) electrons. The number of urea groups is 1. The van der Waals surface area contributed by atoms with Crippen LogP contribution in [0.25, 0.3) is 0 Å². The van der Waals surface area contributed by atoms with Crippen LogP contribution < -0.4 is 10.6 Å². The van der Waals surface area contributed by atoms with Gasteiger partial charge in [-0.2, -0.15) is 0 Å². The maximum Gasteiger partial charge on any atom is 0.337 e. The number of rotatable bonds is 6. The minimum atomic E-state index is -1.07. The molecule has 0 aromatic heterocycles. The summed E-state index contributed by atoms with van der Waals surface area (Å²) in [4.78, 5) is 23.0. The van der Waals surface area contributed by atoms with Gasteiger partial charge in [-0.15, -0.1) is 0 Å². The molecule has 0 bridgehead atoms. The summed E-state index contributed by atoms with van der Waals surface area (Å²) in [6.45, 7) is 8.16. The van der Waals surface area contributed by atoms with E-state index in [1.807, 2.05) is 26.8 Å². The van der Waals surface area contributed by atoms with Gasteiger partial charge in [-0.3, -0.25) is 0 Å². The Labute approximate surface area is 124 Å². The molecule has 21 heavy (non-hydrogen) atoms. The van der Waals surface area contributed by atoms with Crippen molar-refractivity contribution in [1.82, 2.24) is 5.32 Å². The van der Waals surface area contributed by atoms with Crippen LogP contribution in [0.1, 0.15) is 35.3 Å². The van der Waals surface area contributed by atoms with E-state index in [0.29, 0.717) is 24.4 Å². The summed E-state index contributed by atoms with van der Waals surface area (Å²) < 4.78 is 5.31. The Morgan fingerprint density at radius 2 is 1.95 bits per heavy atom. The lowest BCUT2D eigenvalue weighted by atomic mass is 10.0. The Morgan fingerprint density at radius 1 is 1.29 bits per heavy atom. The van der Waals surface area contributed by atoms with Crippen LogP contribution in [0.4, 0.5) is 10.5 Å². The highest BCUT2D eigenvalue weighted by Gasteiger charge is 2.15. The summed E-state index contributed by atoms with van der Waals surface area (Å²) in [7, 11) is 0. The fourth-order valence-electron chi connectivity index (χ4n) is 1.92. The van der Waals surface area contributed by atoms with Gasteiger partial charge in [-0.25, -0.2) is 9.59 Å². The van der Waals surface area contributed by atoms with Gasteiger partial charge < -0.3 is 20.5 Å². The van der Waals surface area contributed by atoms with E-state index in [0.717, 1.165) is 5.56 Å². The standard InChI is InChI=1S/C15H22N2O4/c1-9(2)21-6-5-16-15(20)17-13-11(4)7-10(3)8-12(13)14(18)19/h7-9H,5-6H2,1-4H3,(H,18,19)(H2,16,17,20). The molecule has 3 N–H and O–H groups in total. The fourth-order valence-corrected chi connectivity index (χ4v) is 1.92. The van der Waals surface area contributed by atoms with Gasteiger partial charge in [-0.1, -0.05) is 6.07 Å². The number of amides is 2. The zero-order valence-electron chi connectivity index (χ0n) is 12.8. The van der Waals surface area contributed by atoms with E-state index in [2.05, 4.69) is 10.6 Å². The second-order valence-corrected chi connectivity index (χ2v) is 5.11. The summed E-state index contributed by atoms with van der Waals surface area (Å²) >= 11 is 0. The van der Waals surface area contributed by atoms with Crippen LogP contribution in [0, 0.1) is 13.8 Å². The highest BCUT2D eigenvalue weighted by Crippen LogP contribution is 2.22. The molecule has 0 atom stereocenters. The van der Waals surface area contributed by atoms with Crippen LogP contribution in [0.15, 0.2) is 12.1 Å². The summed E-state index contributed by atoms with van der Waals surface area (Å²) in [6.07, 6.45) is 0.104. The molecule has 116 valence electrons. The Bertz CT molecular complexity index is 527. The first-order valence-electron chi connectivity index (χ1n) is 6.82. The first-order chi connectivity index (χ1) is 9.81. The molecule has 0 aliphatic carbocycles. The summed E-state index contributed by atoms with van der Waals surface area (Å²) in [6, 6.07) is 2.91. The van der Waals surface area contributed by atoms with Crippen molar-refractivity contribution in [3.8, 4) is 0 Å². The number of aryl methyl sites for hydroxylation is 2. The normalized spacial score (nSPS) is 10.5. The lowest BCUT2D eigenvalue weighted by molar-refractivity contribution is 0.0697. The number of hydrogen-bond acceptors (Lipinski definition) is 3. The number of hydrogen-bond donors (Lipinski definition) is 3. The second-order valence-electron chi connectivity index (χ2n) is 5.11. The molecule has 0 heterocycles. The number of carboxylic acid groups (broad SMARTS) is 1. The number of ether oxygens (including phenoxy) is 1.